The molecule has 1 N–H and O–H groups in total. The standard InChI is InChI=1S/C17H23ClN2O3/c1-5-11(6-2)12-7-8-13(18)15-16(12)20(17(22)19-15)23-14(21)9-10(3)4/h7-8,10-11H,5-6,9H2,1-4H3,(H,19,22). The molecule has 6 heteroatoms. The first kappa shape index (κ1) is 17.6. The van der Waals surface area contributed by atoms with Crippen molar-refractivity contribution in [2.45, 2.75) is 52.9 Å². The predicted octanol–water partition coefficient (Wildman–Crippen LogP) is 3.89. The molecule has 0 saturated heterocycles. The molecule has 126 valence electrons. The molecule has 23 heavy (non-hydrogen) atoms. The van der Waals surface area contributed by atoms with Gasteiger partial charge in [-0.25, -0.2) is 9.59 Å². The first-order valence-corrected chi connectivity index (χ1v) is 8.41. The quantitative estimate of drug-likeness (QED) is 0.869. The minimum absolute atomic E-state index is 0.158. The summed E-state index contributed by atoms with van der Waals surface area (Å²) in [5, 5.41) is 0.436. The van der Waals surface area contributed by atoms with Crippen LogP contribution in [0.1, 0.15) is 58.4 Å². The summed E-state index contributed by atoms with van der Waals surface area (Å²) in [6.45, 7) is 8.03. The van der Waals surface area contributed by atoms with E-state index in [1.54, 1.807) is 6.07 Å². The minimum atomic E-state index is -0.489. The van der Waals surface area contributed by atoms with E-state index in [4.69, 9.17) is 16.4 Å². The van der Waals surface area contributed by atoms with Crippen LogP contribution < -0.4 is 10.5 Å². The van der Waals surface area contributed by atoms with Crippen LogP contribution in [0.4, 0.5) is 0 Å². The Hall–Kier alpha value is -1.75. The van der Waals surface area contributed by atoms with Crippen molar-refractivity contribution in [1.82, 2.24) is 9.71 Å². The van der Waals surface area contributed by atoms with Gasteiger partial charge in [-0.15, -0.1) is 4.73 Å². The van der Waals surface area contributed by atoms with Crippen LogP contribution in [0, 0.1) is 5.92 Å². The third kappa shape index (κ3) is 3.61. The number of imidazole rings is 1. The zero-order chi connectivity index (χ0) is 17.1. The molecule has 0 radical (unpaired) electrons. The molecule has 0 fully saturated rings. The smallest absolute Gasteiger partial charge is 0.332 e. The number of H-pyrrole nitrogens is 1. The number of hydrogen-bond donors (Lipinski definition) is 1. The molecule has 0 aliphatic rings. The van der Waals surface area contributed by atoms with Crippen LogP contribution in [-0.2, 0) is 4.79 Å². The molecule has 1 aromatic carbocycles. The number of hydrogen-bond acceptors (Lipinski definition) is 3. The van der Waals surface area contributed by atoms with Crippen molar-refractivity contribution in [1.29, 1.82) is 0 Å². The van der Waals surface area contributed by atoms with E-state index < -0.39 is 11.7 Å². The largest absolute Gasteiger partial charge is 0.360 e. The lowest BCUT2D eigenvalue weighted by Crippen LogP contribution is -2.30. The maximum Gasteiger partial charge on any atom is 0.360 e. The van der Waals surface area contributed by atoms with Gasteiger partial charge in [0.1, 0.15) is 5.52 Å². The minimum Gasteiger partial charge on any atom is -0.332 e. The zero-order valence-corrected chi connectivity index (χ0v) is 14.7. The number of nitrogens with one attached hydrogen (secondary N) is 1. The number of halogens is 1. The van der Waals surface area contributed by atoms with E-state index in [0.29, 0.717) is 16.1 Å². The molecule has 0 atom stereocenters. The molecule has 2 rings (SSSR count). The summed E-state index contributed by atoms with van der Waals surface area (Å²) in [7, 11) is 0. The van der Waals surface area contributed by atoms with Gasteiger partial charge in [0, 0.05) is 0 Å². The molecule has 5 nitrogen and oxygen atoms in total. The summed E-state index contributed by atoms with van der Waals surface area (Å²) < 4.78 is 1.06. The Bertz CT molecular complexity index is 757. The maximum atomic E-state index is 12.2. The number of aromatic nitrogens is 2. The maximum absolute atomic E-state index is 12.2. The highest BCUT2D eigenvalue weighted by Crippen LogP contribution is 2.32. The first-order valence-electron chi connectivity index (χ1n) is 8.03. The van der Waals surface area contributed by atoms with Crippen LogP contribution in [0.2, 0.25) is 5.02 Å². The second-order valence-corrected chi connectivity index (χ2v) is 6.57. The number of fused-ring (bicyclic) bond motifs is 1. The van der Waals surface area contributed by atoms with Crippen molar-refractivity contribution in [2.24, 2.45) is 5.92 Å². The summed E-state index contributed by atoms with van der Waals surface area (Å²) >= 11 is 6.20. The van der Waals surface area contributed by atoms with Gasteiger partial charge in [0.15, 0.2) is 0 Å². The monoisotopic (exact) mass is 338 g/mol. The zero-order valence-electron chi connectivity index (χ0n) is 14.0. The Kier molecular flexibility index (Phi) is 5.52. The van der Waals surface area contributed by atoms with E-state index in [1.165, 1.54) is 0 Å². The van der Waals surface area contributed by atoms with E-state index in [2.05, 4.69) is 18.8 Å². The Morgan fingerprint density at radius 2 is 1.96 bits per heavy atom. The van der Waals surface area contributed by atoms with Crippen molar-refractivity contribution in [3.05, 3.63) is 33.2 Å². The fourth-order valence-corrected chi connectivity index (χ4v) is 3.00. The molecular formula is C17H23ClN2O3. The van der Waals surface area contributed by atoms with Crippen LogP contribution in [0.5, 0.6) is 0 Å². The van der Waals surface area contributed by atoms with Gasteiger partial charge in [0.05, 0.1) is 17.0 Å². The highest BCUT2D eigenvalue weighted by molar-refractivity contribution is 6.35. The van der Waals surface area contributed by atoms with Crippen LogP contribution in [0.15, 0.2) is 16.9 Å². The van der Waals surface area contributed by atoms with Crippen molar-refractivity contribution < 1.29 is 9.63 Å². The molecule has 0 amide bonds. The van der Waals surface area contributed by atoms with Gasteiger partial charge >= 0.3 is 11.7 Å². The topological polar surface area (TPSA) is 64.1 Å². The van der Waals surface area contributed by atoms with Gasteiger partial charge < -0.3 is 9.82 Å². The second kappa shape index (κ2) is 7.21. The normalized spacial score (nSPS) is 11.6. The number of rotatable bonds is 6. The Balaban J connectivity index is 2.60. The van der Waals surface area contributed by atoms with E-state index in [9.17, 15) is 9.59 Å². The van der Waals surface area contributed by atoms with Crippen molar-refractivity contribution in [3.63, 3.8) is 0 Å². The number of aromatic amines is 1. The SMILES string of the molecule is CCC(CC)c1ccc(Cl)c2[nH]c(=O)n(OC(=O)CC(C)C)c12. The van der Waals surface area contributed by atoms with Gasteiger partial charge in [0.2, 0.25) is 0 Å². The summed E-state index contributed by atoms with van der Waals surface area (Å²) in [4.78, 5) is 32.2. The van der Waals surface area contributed by atoms with Crippen LogP contribution >= 0.6 is 11.6 Å². The molecule has 0 saturated carbocycles. The summed E-state index contributed by atoms with van der Waals surface area (Å²) in [5.41, 5.74) is 1.55. The Morgan fingerprint density at radius 3 is 2.52 bits per heavy atom. The summed E-state index contributed by atoms with van der Waals surface area (Å²) in [6, 6.07) is 3.68. The van der Waals surface area contributed by atoms with Crippen molar-refractivity contribution in [2.75, 3.05) is 0 Å². The molecule has 1 aromatic heterocycles. The summed E-state index contributed by atoms with van der Waals surface area (Å²) in [5.74, 6) is -0.0102. The van der Waals surface area contributed by atoms with Crippen molar-refractivity contribution in [3.8, 4) is 0 Å². The third-order valence-electron chi connectivity index (χ3n) is 3.97. The highest BCUT2D eigenvalue weighted by Gasteiger charge is 2.21. The fourth-order valence-electron chi connectivity index (χ4n) is 2.80. The molecule has 2 aromatic rings. The van der Waals surface area contributed by atoms with Crippen molar-refractivity contribution >= 4 is 28.6 Å². The molecule has 0 aliphatic heterocycles. The van der Waals surface area contributed by atoms with Gasteiger partial charge in [-0.2, -0.15) is 0 Å². The van der Waals surface area contributed by atoms with Crippen LogP contribution in [-0.4, -0.2) is 15.7 Å². The summed E-state index contributed by atoms with van der Waals surface area (Å²) in [6.07, 6.45) is 2.10. The van der Waals surface area contributed by atoms with Gasteiger partial charge in [-0.1, -0.05) is 45.4 Å². The average molecular weight is 339 g/mol. The van der Waals surface area contributed by atoms with E-state index in [0.717, 1.165) is 23.1 Å². The van der Waals surface area contributed by atoms with Gasteiger partial charge in [0.25, 0.3) is 0 Å². The Labute approximate surface area is 140 Å². The average Bonchev–Trinajstić information content (AvgIpc) is 2.80. The van der Waals surface area contributed by atoms with E-state index in [-0.39, 0.29) is 18.3 Å². The first-order chi connectivity index (χ1) is 10.9. The molecule has 0 bridgehead atoms. The van der Waals surface area contributed by atoms with Gasteiger partial charge in [-0.05, 0) is 36.3 Å². The molecule has 1 heterocycles. The number of carbonyl (C=O) groups is 1. The number of carbonyl (C=O) groups excluding carboxylic acids is 1. The van der Waals surface area contributed by atoms with E-state index in [1.807, 2.05) is 19.9 Å². The van der Waals surface area contributed by atoms with Gasteiger partial charge in [-0.3, -0.25) is 0 Å². The van der Waals surface area contributed by atoms with E-state index >= 15 is 0 Å². The number of nitrogens with zero attached hydrogens (tertiary/aromatic N) is 1. The lowest BCUT2D eigenvalue weighted by molar-refractivity contribution is -0.144. The van der Waals surface area contributed by atoms with Crippen LogP contribution in [0.3, 0.4) is 0 Å². The lowest BCUT2D eigenvalue weighted by atomic mass is 9.93. The molecular weight excluding hydrogens is 316 g/mol. The lowest BCUT2D eigenvalue weighted by Gasteiger charge is -2.16. The third-order valence-corrected chi connectivity index (χ3v) is 4.29. The fraction of sp³-hybridized carbons (Fsp3) is 0.529. The molecule has 0 aliphatic carbocycles. The number of benzene rings is 1. The Morgan fingerprint density at radius 1 is 1.30 bits per heavy atom. The molecule has 0 spiro atoms. The van der Waals surface area contributed by atoms with Crippen LogP contribution in [0.25, 0.3) is 11.0 Å². The highest BCUT2D eigenvalue weighted by atomic mass is 35.5. The second-order valence-electron chi connectivity index (χ2n) is 6.16. The molecule has 0 unspecified atom stereocenters. The predicted molar refractivity (Wildman–Crippen MR) is 91.9 cm³/mol.